The van der Waals surface area contributed by atoms with E-state index in [-0.39, 0.29) is 24.9 Å². The summed E-state index contributed by atoms with van der Waals surface area (Å²) in [5.74, 6) is 1.55. The van der Waals surface area contributed by atoms with Crippen LogP contribution in [0.15, 0.2) is 0 Å². The molecule has 0 aromatic carbocycles. The second kappa shape index (κ2) is 15.6. The molecular formula is C25H48N2O4. The molecule has 6 nitrogen and oxygen atoms in total. The Morgan fingerprint density at radius 2 is 1.16 bits per heavy atom. The molecule has 6 N–H and O–H groups in total. The highest BCUT2D eigenvalue weighted by Gasteiger charge is 2.21. The third kappa shape index (κ3) is 16.2. The zero-order valence-corrected chi connectivity index (χ0v) is 19.9. The first-order valence-corrected chi connectivity index (χ1v) is 12.6. The van der Waals surface area contributed by atoms with Crippen molar-refractivity contribution in [2.75, 3.05) is 0 Å². The molecule has 2 rings (SSSR count). The molecule has 0 amide bonds. The van der Waals surface area contributed by atoms with Crippen LogP contribution in [0, 0.1) is 23.7 Å². The molecule has 0 heterocycles. The summed E-state index contributed by atoms with van der Waals surface area (Å²) in [5.41, 5.74) is 11.5. The topological polar surface area (TPSA) is 127 Å². The summed E-state index contributed by atoms with van der Waals surface area (Å²) < 4.78 is 0. The van der Waals surface area contributed by atoms with Gasteiger partial charge in [0.1, 0.15) is 0 Å². The second-order valence-electron chi connectivity index (χ2n) is 10.5. The van der Waals surface area contributed by atoms with E-state index < -0.39 is 11.9 Å². The monoisotopic (exact) mass is 440 g/mol. The SMILES string of the molecule is CC(CCCC1CC1)CC(N)CC(=O)O.CC(CCCC1CCC1)CC(N)CC(=O)O. The zero-order chi connectivity index (χ0) is 23.2. The van der Waals surface area contributed by atoms with Gasteiger partial charge in [0.15, 0.2) is 0 Å². The van der Waals surface area contributed by atoms with E-state index in [1.165, 1.54) is 70.6 Å². The highest BCUT2D eigenvalue weighted by molar-refractivity contribution is 5.67. The van der Waals surface area contributed by atoms with Gasteiger partial charge in [-0.15, -0.1) is 0 Å². The molecule has 2 saturated carbocycles. The Kier molecular flexibility index (Phi) is 14.1. The van der Waals surface area contributed by atoms with Gasteiger partial charge in [0.2, 0.25) is 0 Å². The molecule has 0 aliphatic heterocycles. The molecule has 4 atom stereocenters. The average Bonchev–Trinajstić information content (AvgIpc) is 3.40. The van der Waals surface area contributed by atoms with E-state index >= 15 is 0 Å². The van der Waals surface area contributed by atoms with Crippen LogP contribution in [0.2, 0.25) is 0 Å². The van der Waals surface area contributed by atoms with Crippen LogP contribution in [0.3, 0.4) is 0 Å². The molecular weight excluding hydrogens is 392 g/mol. The molecule has 2 aliphatic carbocycles. The summed E-state index contributed by atoms with van der Waals surface area (Å²) >= 11 is 0. The van der Waals surface area contributed by atoms with Crippen LogP contribution >= 0.6 is 0 Å². The molecule has 0 aromatic rings. The number of carbonyl (C=O) groups is 2. The van der Waals surface area contributed by atoms with E-state index in [0.29, 0.717) is 11.8 Å². The maximum absolute atomic E-state index is 10.5. The number of hydrogen-bond acceptors (Lipinski definition) is 4. The van der Waals surface area contributed by atoms with Gasteiger partial charge in [-0.1, -0.05) is 84.5 Å². The molecule has 0 aromatic heterocycles. The second-order valence-corrected chi connectivity index (χ2v) is 10.5. The van der Waals surface area contributed by atoms with Gasteiger partial charge in [0.25, 0.3) is 0 Å². The lowest BCUT2D eigenvalue weighted by Crippen LogP contribution is -2.26. The Balaban J connectivity index is 0.000000311. The lowest BCUT2D eigenvalue weighted by Gasteiger charge is -2.25. The standard InChI is InChI=1S/C13H25NO2.C12H23NO2/c1-10(8-12(14)9-13(15)16)4-2-5-11-6-3-7-11;1-9(3-2-4-10-5-6-10)7-11(13)8-12(14)15/h10-12H,2-9,14H2,1H3,(H,15,16);9-11H,2-8,13H2,1H3,(H,14,15). The first kappa shape index (κ1) is 27.9. The highest BCUT2D eigenvalue weighted by Crippen LogP contribution is 2.34. The Hall–Kier alpha value is -1.14. The van der Waals surface area contributed by atoms with Gasteiger partial charge in [0.05, 0.1) is 12.8 Å². The quantitative estimate of drug-likeness (QED) is 0.262. The van der Waals surface area contributed by atoms with Crippen LogP contribution < -0.4 is 11.5 Å². The van der Waals surface area contributed by atoms with Crippen molar-refractivity contribution in [1.82, 2.24) is 0 Å². The summed E-state index contributed by atoms with van der Waals surface area (Å²) in [6, 6.07) is -0.338. The summed E-state index contributed by atoms with van der Waals surface area (Å²) in [5, 5.41) is 17.2. The lowest BCUT2D eigenvalue weighted by atomic mass is 9.81. The molecule has 6 heteroatoms. The number of carboxylic acid groups (broad SMARTS) is 2. The smallest absolute Gasteiger partial charge is 0.304 e. The first-order chi connectivity index (χ1) is 14.7. The van der Waals surface area contributed by atoms with Crippen LogP contribution in [-0.4, -0.2) is 34.2 Å². The van der Waals surface area contributed by atoms with Crippen LogP contribution in [0.1, 0.15) is 110 Å². The van der Waals surface area contributed by atoms with Crippen LogP contribution in [0.4, 0.5) is 0 Å². The average molecular weight is 441 g/mol. The van der Waals surface area contributed by atoms with Crippen molar-refractivity contribution in [3.8, 4) is 0 Å². The molecule has 2 fully saturated rings. The van der Waals surface area contributed by atoms with E-state index in [2.05, 4.69) is 13.8 Å². The van der Waals surface area contributed by atoms with Crippen molar-refractivity contribution in [2.24, 2.45) is 35.1 Å². The molecule has 4 unspecified atom stereocenters. The largest absolute Gasteiger partial charge is 0.481 e. The van der Waals surface area contributed by atoms with Gasteiger partial charge in [-0.25, -0.2) is 0 Å². The lowest BCUT2D eigenvalue weighted by molar-refractivity contribution is -0.138. The van der Waals surface area contributed by atoms with Crippen molar-refractivity contribution >= 4 is 11.9 Å². The summed E-state index contributed by atoms with van der Waals surface area (Å²) in [6.45, 7) is 4.36. The molecule has 0 saturated heterocycles. The van der Waals surface area contributed by atoms with E-state index in [9.17, 15) is 9.59 Å². The van der Waals surface area contributed by atoms with Gasteiger partial charge in [-0.2, -0.15) is 0 Å². The van der Waals surface area contributed by atoms with E-state index in [4.69, 9.17) is 21.7 Å². The van der Waals surface area contributed by atoms with Gasteiger partial charge in [0, 0.05) is 12.1 Å². The number of nitrogens with two attached hydrogens (primary N) is 2. The van der Waals surface area contributed by atoms with E-state index in [0.717, 1.165) is 24.7 Å². The van der Waals surface area contributed by atoms with Gasteiger partial charge in [-0.05, 0) is 36.5 Å². The summed E-state index contributed by atoms with van der Waals surface area (Å²) in [6.07, 6.45) is 16.7. The third-order valence-corrected chi connectivity index (χ3v) is 6.82. The number of hydrogen-bond donors (Lipinski definition) is 4. The van der Waals surface area contributed by atoms with Crippen LogP contribution in [0.25, 0.3) is 0 Å². The van der Waals surface area contributed by atoms with Gasteiger partial charge in [-0.3, -0.25) is 9.59 Å². The molecule has 0 spiro atoms. The fraction of sp³-hybridized carbons (Fsp3) is 0.920. The molecule has 0 bridgehead atoms. The van der Waals surface area contributed by atoms with Crippen molar-refractivity contribution < 1.29 is 19.8 Å². The normalized spacial score (nSPS) is 20.0. The number of aliphatic carboxylic acids is 2. The molecule has 31 heavy (non-hydrogen) atoms. The van der Waals surface area contributed by atoms with E-state index in [1.54, 1.807) is 0 Å². The minimum Gasteiger partial charge on any atom is -0.481 e. The number of rotatable bonds is 16. The Morgan fingerprint density at radius 3 is 1.45 bits per heavy atom. The first-order valence-electron chi connectivity index (χ1n) is 12.6. The fourth-order valence-electron chi connectivity index (χ4n) is 4.58. The third-order valence-electron chi connectivity index (χ3n) is 6.82. The zero-order valence-electron chi connectivity index (χ0n) is 19.9. The molecule has 0 radical (unpaired) electrons. The summed E-state index contributed by atoms with van der Waals surface area (Å²) in [7, 11) is 0. The van der Waals surface area contributed by atoms with Crippen LogP contribution in [0.5, 0.6) is 0 Å². The maximum atomic E-state index is 10.5. The van der Waals surface area contributed by atoms with Crippen molar-refractivity contribution in [3.05, 3.63) is 0 Å². The minimum absolute atomic E-state index is 0.104. The molecule has 182 valence electrons. The van der Waals surface area contributed by atoms with Crippen LogP contribution in [-0.2, 0) is 9.59 Å². The number of carboxylic acids is 2. The highest BCUT2D eigenvalue weighted by atomic mass is 16.4. The predicted octanol–water partition coefficient (Wildman–Crippen LogP) is 5.18. The maximum Gasteiger partial charge on any atom is 0.304 e. The van der Waals surface area contributed by atoms with Crippen molar-refractivity contribution in [3.63, 3.8) is 0 Å². The minimum atomic E-state index is -0.785. The Labute approximate surface area is 189 Å². The van der Waals surface area contributed by atoms with Gasteiger partial charge < -0.3 is 21.7 Å². The Morgan fingerprint density at radius 1 is 0.774 bits per heavy atom. The predicted molar refractivity (Wildman–Crippen MR) is 126 cm³/mol. The van der Waals surface area contributed by atoms with Crippen molar-refractivity contribution in [1.29, 1.82) is 0 Å². The molecule has 2 aliphatic rings. The summed E-state index contributed by atoms with van der Waals surface area (Å²) in [4.78, 5) is 20.9. The fourth-order valence-corrected chi connectivity index (χ4v) is 4.58. The van der Waals surface area contributed by atoms with Gasteiger partial charge >= 0.3 is 11.9 Å². The Bertz CT molecular complexity index is 506. The van der Waals surface area contributed by atoms with Crippen molar-refractivity contribution in [2.45, 2.75) is 122 Å². The van der Waals surface area contributed by atoms with E-state index in [1.807, 2.05) is 0 Å².